The van der Waals surface area contributed by atoms with Crippen LogP contribution in [-0.2, 0) is 21.3 Å². The number of piperidine rings is 1. The Morgan fingerprint density at radius 3 is 2.38 bits per heavy atom. The maximum atomic E-state index is 12.7. The summed E-state index contributed by atoms with van der Waals surface area (Å²) in [5, 5.41) is 0.695. The Morgan fingerprint density at radius 2 is 1.79 bits per heavy atom. The number of methoxy groups -OCH3 is 1. The van der Waals surface area contributed by atoms with E-state index in [2.05, 4.69) is 14.4 Å². The number of halogens is 2. The molecule has 9 heteroatoms. The normalized spacial score (nSPS) is 16.0. The molecule has 0 aliphatic carbocycles. The summed E-state index contributed by atoms with van der Waals surface area (Å²) in [6, 6.07) is 11.6. The van der Waals surface area contributed by atoms with Gasteiger partial charge in [0, 0.05) is 30.7 Å². The number of carbonyl (C=O) groups is 1. The van der Waals surface area contributed by atoms with Crippen molar-refractivity contribution in [3.8, 4) is 0 Å². The SMILES string of the molecule is COC(=O)c1ccc(S(=O)(=O)NC2CCN(Cc3ccc(Cl)cc3)CC2)c(Cl)c1. The summed E-state index contributed by atoms with van der Waals surface area (Å²) in [4.78, 5) is 13.8. The minimum absolute atomic E-state index is 0.0134. The average Bonchev–Trinajstić information content (AvgIpc) is 2.70. The van der Waals surface area contributed by atoms with Crippen LogP contribution >= 0.6 is 23.2 Å². The molecule has 2 aromatic rings. The van der Waals surface area contributed by atoms with E-state index in [1.165, 1.54) is 30.9 Å². The van der Waals surface area contributed by atoms with Gasteiger partial charge in [-0.2, -0.15) is 0 Å². The molecule has 3 rings (SSSR count). The molecular weight excluding hydrogens is 435 g/mol. The molecule has 1 fully saturated rings. The summed E-state index contributed by atoms with van der Waals surface area (Å²) in [6.45, 7) is 2.37. The molecule has 1 aliphatic rings. The number of rotatable bonds is 6. The van der Waals surface area contributed by atoms with E-state index in [0.29, 0.717) is 17.9 Å². The van der Waals surface area contributed by atoms with Crippen molar-refractivity contribution >= 4 is 39.2 Å². The Bertz CT molecular complexity index is 972. The highest BCUT2D eigenvalue weighted by atomic mass is 35.5. The maximum Gasteiger partial charge on any atom is 0.337 e. The quantitative estimate of drug-likeness (QED) is 0.670. The molecule has 0 amide bonds. The van der Waals surface area contributed by atoms with Crippen molar-refractivity contribution < 1.29 is 17.9 Å². The van der Waals surface area contributed by atoms with Gasteiger partial charge in [-0.05, 0) is 48.7 Å². The zero-order chi connectivity index (χ0) is 21.0. The summed E-state index contributed by atoms with van der Waals surface area (Å²) in [5.74, 6) is -0.572. The van der Waals surface area contributed by atoms with Crippen molar-refractivity contribution in [3.63, 3.8) is 0 Å². The molecule has 1 saturated heterocycles. The van der Waals surface area contributed by atoms with Crippen LogP contribution in [-0.4, -0.2) is 45.5 Å². The standard InChI is InChI=1S/C20H22Cl2N2O4S/c1-28-20(25)15-4-7-19(18(22)12-15)29(26,27)23-17-8-10-24(11-9-17)13-14-2-5-16(21)6-3-14/h2-7,12,17,23H,8-11,13H2,1H3. The van der Waals surface area contributed by atoms with Gasteiger partial charge in [0.05, 0.1) is 17.7 Å². The third-order valence-corrected chi connectivity index (χ3v) is 7.13. The van der Waals surface area contributed by atoms with E-state index in [0.717, 1.165) is 19.6 Å². The van der Waals surface area contributed by atoms with Crippen molar-refractivity contribution in [1.82, 2.24) is 9.62 Å². The van der Waals surface area contributed by atoms with Gasteiger partial charge in [0.2, 0.25) is 10.0 Å². The van der Waals surface area contributed by atoms with Crippen LogP contribution in [0.1, 0.15) is 28.8 Å². The first-order valence-electron chi connectivity index (χ1n) is 9.15. The lowest BCUT2D eigenvalue weighted by atomic mass is 10.1. The van der Waals surface area contributed by atoms with Crippen LogP contribution in [0.3, 0.4) is 0 Å². The van der Waals surface area contributed by atoms with E-state index in [1.54, 1.807) is 0 Å². The fourth-order valence-corrected chi connectivity index (χ4v) is 5.28. The predicted octanol–water partition coefficient (Wildman–Crippen LogP) is 3.72. The van der Waals surface area contributed by atoms with Crippen LogP contribution in [0.25, 0.3) is 0 Å². The number of ether oxygens (including phenoxy) is 1. The first-order valence-corrected chi connectivity index (χ1v) is 11.4. The molecule has 29 heavy (non-hydrogen) atoms. The Balaban J connectivity index is 1.59. The van der Waals surface area contributed by atoms with Crippen LogP contribution in [0, 0.1) is 0 Å². The van der Waals surface area contributed by atoms with Crippen LogP contribution in [0.2, 0.25) is 10.0 Å². The van der Waals surface area contributed by atoms with E-state index in [1.807, 2.05) is 24.3 Å². The van der Waals surface area contributed by atoms with Crippen LogP contribution in [0.15, 0.2) is 47.4 Å². The molecule has 2 aromatic carbocycles. The van der Waals surface area contributed by atoms with Crippen LogP contribution in [0.5, 0.6) is 0 Å². The van der Waals surface area contributed by atoms with Crippen molar-refractivity contribution in [2.24, 2.45) is 0 Å². The lowest BCUT2D eigenvalue weighted by Gasteiger charge is -2.32. The highest BCUT2D eigenvalue weighted by Crippen LogP contribution is 2.24. The Labute approximate surface area is 180 Å². The monoisotopic (exact) mass is 456 g/mol. The average molecular weight is 457 g/mol. The van der Waals surface area contributed by atoms with Crippen LogP contribution in [0.4, 0.5) is 0 Å². The molecule has 1 heterocycles. The van der Waals surface area contributed by atoms with Crippen molar-refractivity contribution in [2.75, 3.05) is 20.2 Å². The summed E-state index contributed by atoms with van der Waals surface area (Å²) >= 11 is 12.0. The van der Waals surface area contributed by atoms with Gasteiger partial charge in [-0.1, -0.05) is 35.3 Å². The highest BCUT2D eigenvalue weighted by Gasteiger charge is 2.26. The Kier molecular flexibility index (Phi) is 7.19. The number of hydrogen-bond acceptors (Lipinski definition) is 5. The first-order chi connectivity index (χ1) is 13.8. The number of likely N-dealkylation sites (tertiary alicyclic amines) is 1. The molecule has 0 unspecified atom stereocenters. The van der Waals surface area contributed by atoms with Crippen molar-refractivity contribution in [1.29, 1.82) is 0 Å². The van der Waals surface area contributed by atoms with E-state index in [-0.39, 0.29) is 21.5 Å². The topological polar surface area (TPSA) is 75.7 Å². The minimum atomic E-state index is -3.79. The number of carbonyl (C=O) groups excluding carboxylic acids is 1. The first kappa shape index (κ1) is 22.1. The summed E-state index contributed by atoms with van der Waals surface area (Å²) in [6.07, 6.45) is 1.40. The number of sulfonamides is 1. The molecule has 156 valence electrons. The third-order valence-electron chi connectivity index (χ3n) is 4.87. The molecule has 0 atom stereocenters. The van der Waals surface area contributed by atoms with Crippen molar-refractivity contribution in [3.05, 3.63) is 63.6 Å². The van der Waals surface area contributed by atoms with Gasteiger partial charge in [-0.25, -0.2) is 17.9 Å². The van der Waals surface area contributed by atoms with Crippen LogP contribution < -0.4 is 4.72 Å². The second kappa shape index (κ2) is 9.45. The fourth-order valence-electron chi connectivity index (χ4n) is 3.30. The van der Waals surface area contributed by atoms with Gasteiger partial charge in [-0.15, -0.1) is 0 Å². The van der Waals surface area contributed by atoms with Gasteiger partial charge in [0.15, 0.2) is 0 Å². The largest absolute Gasteiger partial charge is 0.465 e. The number of nitrogens with one attached hydrogen (secondary N) is 1. The molecular formula is C20H22Cl2N2O4S. The molecule has 1 aliphatic heterocycles. The molecule has 0 saturated carbocycles. The summed E-state index contributed by atoms with van der Waals surface area (Å²) in [7, 11) is -2.54. The Hall–Kier alpha value is -1.64. The number of benzene rings is 2. The van der Waals surface area contributed by atoms with E-state index < -0.39 is 16.0 Å². The predicted molar refractivity (Wildman–Crippen MR) is 113 cm³/mol. The smallest absolute Gasteiger partial charge is 0.337 e. The molecule has 0 aromatic heterocycles. The van der Waals surface area contributed by atoms with Gasteiger partial charge >= 0.3 is 5.97 Å². The molecule has 0 bridgehead atoms. The number of hydrogen-bond donors (Lipinski definition) is 1. The zero-order valence-corrected chi connectivity index (χ0v) is 18.2. The second-order valence-corrected chi connectivity index (χ2v) is 9.46. The molecule has 0 spiro atoms. The molecule has 6 nitrogen and oxygen atoms in total. The minimum Gasteiger partial charge on any atom is -0.465 e. The second-order valence-electron chi connectivity index (χ2n) is 6.93. The maximum absolute atomic E-state index is 12.7. The lowest BCUT2D eigenvalue weighted by Crippen LogP contribution is -2.44. The van der Waals surface area contributed by atoms with Gasteiger partial charge in [0.1, 0.15) is 4.90 Å². The zero-order valence-electron chi connectivity index (χ0n) is 15.9. The Morgan fingerprint density at radius 1 is 1.14 bits per heavy atom. The summed E-state index contributed by atoms with van der Waals surface area (Å²) < 4.78 is 32.8. The number of nitrogens with zero attached hydrogens (tertiary/aromatic N) is 1. The highest BCUT2D eigenvalue weighted by molar-refractivity contribution is 7.89. The van der Waals surface area contributed by atoms with Gasteiger partial charge in [-0.3, -0.25) is 4.90 Å². The molecule has 0 radical (unpaired) electrons. The fraction of sp³-hybridized carbons (Fsp3) is 0.350. The third kappa shape index (κ3) is 5.71. The number of esters is 1. The van der Waals surface area contributed by atoms with E-state index in [4.69, 9.17) is 23.2 Å². The molecule has 1 N–H and O–H groups in total. The van der Waals surface area contributed by atoms with E-state index >= 15 is 0 Å². The van der Waals surface area contributed by atoms with Gasteiger partial charge < -0.3 is 4.74 Å². The summed E-state index contributed by atoms with van der Waals surface area (Å²) in [5.41, 5.74) is 1.37. The van der Waals surface area contributed by atoms with Crippen molar-refractivity contribution in [2.45, 2.75) is 30.3 Å². The lowest BCUT2D eigenvalue weighted by molar-refractivity contribution is 0.0600. The van der Waals surface area contributed by atoms with Gasteiger partial charge in [0.25, 0.3) is 0 Å². The van der Waals surface area contributed by atoms with E-state index in [9.17, 15) is 13.2 Å².